The molecule has 0 saturated heterocycles. The molecule has 0 spiro atoms. The molecule has 0 atom stereocenters. The number of hydrogen-bond donors (Lipinski definition) is 0. The van der Waals surface area contributed by atoms with Crippen molar-refractivity contribution >= 4 is 0 Å². The van der Waals surface area contributed by atoms with Crippen molar-refractivity contribution in [3.63, 3.8) is 0 Å². The van der Waals surface area contributed by atoms with E-state index in [9.17, 15) is 0 Å². The molecular weight excluding hydrogens is 374 g/mol. The third kappa shape index (κ3) is 8.48. The van der Waals surface area contributed by atoms with Crippen LogP contribution >= 0.6 is 0 Å². The molecule has 170 valence electrons. The third-order valence-corrected chi connectivity index (χ3v) is 8.24. The molecule has 0 amide bonds. The summed E-state index contributed by atoms with van der Waals surface area (Å²) in [6.07, 6.45) is 25.9. The Hall–Kier alpha value is -1.55. The quantitative estimate of drug-likeness (QED) is 0.259. The van der Waals surface area contributed by atoms with E-state index in [-0.39, 0.29) is 0 Å². The molecule has 0 bridgehead atoms. The molecule has 0 radical (unpaired) electrons. The molecule has 0 aromatic heterocycles. The summed E-state index contributed by atoms with van der Waals surface area (Å²) in [6, 6.07) is 11.6. The zero-order valence-electron chi connectivity index (χ0n) is 20.0. The van der Waals surface area contributed by atoms with Gasteiger partial charge >= 0.3 is 0 Å². The van der Waals surface area contributed by atoms with Gasteiger partial charge in [-0.1, -0.05) is 75.8 Å². The number of nitriles is 1. The lowest BCUT2D eigenvalue weighted by Gasteiger charge is -2.37. The predicted octanol–water partition coefficient (Wildman–Crippen LogP) is 8.82. The fraction of sp³-hybridized carbons (Fsp3) is 0.700. The van der Waals surface area contributed by atoms with Crippen LogP contribution in [-0.4, -0.2) is 0 Å². The van der Waals surface area contributed by atoms with Gasteiger partial charge in [0.2, 0.25) is 0 Å². The lowest BCUT2D eigenvalue weighted by atomic mass is 9.68. The van der Waals surface area contributed by atoms with Crippen molar-refractivity contribution in [2.75, 3.05) is 0 Å². The van der Waals surface area contributed by atoms with Crippen LogP contribution in [0.2, 0.25) is 0 Å². The average Bonchev–Trinajstić information content (AvgIpc) is 2.82. The predicted molar refractivity (Wildman–Crippen MR) is 133 cm³/mol. The minimum Gasteiger partial charge on any atom is -0.193 e. The van der Waals surface area contributed by atoms with Gasteiger partial charge in [0.1, 0.15) is 0 Å². The fourth-order valence-electron chi connectivity index (χ4n) is 6.15. The maximum Gasteiger partial charge on any atom is 0.0908 e. The Labute approximate surface area is 192 Å². The van der Waals surface area contributed by atoms with Gasteiger partial charge in [0.25, 0.3) is 0 Å². The number of benzene rings is 1. The van der Waals surface area contributed by atoms with E-state index in [1.807, 2.05) is 0 Å². The van der Waals surface area contributed by atoms with E-state index in [1.165, 1.54) is 114 Å². The largest absolute Gasteiger partial charge is 0.193 e. The highest BCUT2D eigenvalue weighted by atomic mass is 14.4. The van der Waals surface area contributed by atoms with Crippen molar-refractivity contribution in [2.24, 2.45) is 23.7 Å². The van der Waals surface area contributed by atoms with E-state index in [4.69, 9.17) is 5.26 Å². The summed E-state index contributed by atoms with van der Waals surface area (Å²) in [4.78, 5) is 0. The van der Waals surface area contributed by atoms with Crippen LogP contribution in [0.1, 0.15) is 108 Å². The van der Waals surface area contributed by atoms with Gasteiger partial charge in [-0.05, 0) is 99.0 Å². The number of nitrogens with zero attached hydrogens (tertiary/aromatic N) is 1. The SMILES string of the molecule is CCCCCc1ccc(CCCC[C@H]2CC[C@H](C3CCC(/C=C/C#N)CC3)CC2)cc1. The van der Waals surface area contributed by atoms with Crippen LogP contribution < -0.4 is 0 Å². The molecule has 0 heterocycles. The van der Waals surface area contributed by atoms with Crippen LogP contribution in [0.15, 0.2) is 36.4 Å². The van der Waals surface area contributed by atoms with E-state index in [1.54, 1.807) is 6.08 Å². The van der Waals surface area contributed by atoms with Gasteiger partial charge < -0.3 is 0 Å². The highest BCUT2D eigenvalue weighted by molar-refractivity contribution is 5.22. The number of allylic oxidation sites excluding steroid dienone is 2. The molecule has 2 aliphatic carbocycles. The minimum absolute atomic E-state index is 0.671. The van der Waals surface area contributed by atoms with Crippen LogP contribution in [0.25, 0.3) is 0 Å². The lowest BCUT2D eigenvalue weighted by Crippen LogP contribution is -2.25. The van der Waals surface area contributed by atoms with Crippen LogP contribution in [-0.2, 0) is 12.8 Å². The lowest BCUT2D eigenvalue weighted by molar-refractivity contribution is 0.151. The van der Waals surface area contributed by atoms with E-state index in [0.717, 1.165) is 17.8 Å². The summed E-state index contributed by atoms with van der Waals surface area (Å²) < 4.78 is 0. The Balaban J connectivity index is 1.26. The Bertz CT molecular complexity index is 663. The second-order valence-corrected chi connectivity index (χ2v) is 10.5. The second-order valence-electron chi connectivity index (χ2n) is 10.5. The number of hydrogen-bond acceptors (Lipinski definition) is 1. The van der Waals surface area contributed by atoms with Crippen molar-refractivity contribution in [1.29, 1.82) is 5.26 Å². The highest BCUT2D eigenvalue weighted by Crippen LogP contribution is 2.42. The smallest absolute Gasteiger partial charge is 0.0908 e. The first-order valence-electron chi connectivity index (χ1n) is 13.4. The zero-order chi connectivity index (χ0) is 21.7. The maximum absolute atomic E-state index is 8.72. The highest BCUT2D eigenvalue weighted by Gasteiger charge is 2.30. The molecule has 2 saturated carbocycles. The summed E-state index contributed by atoms with van der Waals surface area (Å²) in [7, 11) is 0. The third-order valence-electron chi connectivity index (χ3n) is 8.24. The van der Waals surface area contributed by atoms with Crippen LogP contribution in [0.4, 0.5) is 0 Å². The summed E-state index contributed by atoms with van der Waals surface area (Å²) in [6.45, 7) is 2.28. The first-order chi connectivity index (χ1) is 15.3. The molecular formula is C30H45N. The molecule has 31 heavy (non-hydrogen) atoms. The van der Waals surface area contributed by atoms with Gasteiger partial charge in [-0.3, -0.25) is 0 Å². The summed E-state index contributed by atoms with van der Waals surface area (Å²) in [5.41, 5.74) is 3.05. The Morgan fingerprint density at radius 1 is 0.774 bits per heavy atom. The zero-order valence-corrected chi connectivity index (χ0v) is 20.0. The molecule has 1 heteroatoms. The van der Waals surface area contributed by atoms with Gasteiger partial charge in [0.05, 0.1) is 6.07 Å². The van der Waals surface area contributed by atoms with E-state index >= 15 is 0 Å². The van der Waals surface area contributed by atoms with E-state index in [0.29, 0.717) is 5.92 Å². The average molecular weight is 420 g/mol. The standard InChI is InChI=1S/C30H45N/c1-2-3-4-8-25-12-14-26(15-13-25)9-5-6-10-27-16-20-29(21-17-27)30-22-18-28(19-23-30)11-7-24-31/h7,11-15,27-30H,2-6,8-10,16-23H2,1H3/b11-7+/t27-,28?,29-,30?. The molecule has 2 aliphatic rings. The van der Waals surface area contributed by atoms with E-state index in [2.05, 4.69) is 43.3 Å². The summed E-state index contributed by atoms with van der Waals surface area (Å²) >= 11 is 0. The Kier molecular flexibility index (Phi) is 10.7. The normalized spacial score (nSPS) is 26.7. The molecule has 2 fully saturated rings. The van der Waals surface area contributed by atoms with Gasteiger partial charge in [-0.15, -0.1) is 0 Å². The van der Waals surface area contributed by atoms with Crippen molar-refractivity contribution in [3.05, 3.63) is 47.5 Å². The minimum atomic E-state index is 0.671. The van der Waals surface area contributed by atoms with E-state index < -0.39 is 0 Å². The molecule has 1 nitrogen and oxygen atoms in total. The fourth-order valence-corrected chi connectivity index (χ4v) is 6.15. The van der Waals surface area contributed by atoms with Gasteiger partial charge in [-0.25, -0.2) is 0 Å². The molecule has 3 rings (SSSR count). The molecule has 0 N–H and O–H groups in total. The Morgan fingerprint density at radius 3 is 1.87 bits per heavy atom. The van der Waals surface area contributed by atoms with Gasteiger partial charge in [0, 0.05) is 6.08 Å². The van der Waals surface area contributed by atoms with Crippen LogP contribution in [0.3, 0.4) is 0 Å². The summed E-state index contributed by atoms with van der Waals surface area (Å²) in [5.74, 6) is 3.63. The second kappa shape index (κ2) is 13.8. The van der Waals surface area contributed by atoms with Gasteiger partial charge in [0.15, 0.2) is 0 Å². The Morgan fingerprint density at radius 2 is 1.32 bits per heavy atom. The van der Waals surface area contributed by atoms with Gasteiger partial charge in [-0.2, -0.15) is 5.26 Å². The first kappa shape index (κ1) is 24.1. The van der Waals surface area contributed by atoms with Crippen molar-refractivity contribution < 1.29 is 0 Å². The monoisotopic (exact) mass is 419 g/mol. The van der Waals surface area contributed by atoms with Crippen LogP contribution in [0.5, 0.6) is 0 Å². The first-order valence-corrected chi connectivity index (χ1v) is 13.4. The number of unbranched alkanes of at least 4 members (excludes halogenated alkanes) is 3. The summed E-state index contributed by atoms with van der Waals surface area (Å²) in [5, 5.41) is 8.72. The molecule has 1 aromatic carbocycles. The number of aryl methyl sites for hydroxylation is 2. The molecule has 0 unspecified atom stereocenters. The van der Waals surface area contributed by atoms with Crippen molar-refractivity contribution in [1.82, 2.24) is 0 Å². The topological polar surface area (TPSA) is 23.8 Å². The maximum atomic E-state index is 8.72. The number of rotatable bonds is 11. The van der Waals surface area contributed by atoms with Crippen LogP contribution in [0, 0.1) is 35.0 Å². The van der Waals surface area contributed by atoms with Crippen molar-refractivity contribution in [3.8, 4) is 6.07 Å². The van der Waals surface area contributed by atoms with Crippen molar-refractivity contribution in [2.45, 2.75) is 110 Å². The molecule has 0 aliphatic heterocycles. The molecule has 1 aromatic rings.